The first-order valence-electron chi connectivity index (χ1n) is 11.3. The quantitative estimate of drug-likeness (QED) is 0.550. The largest absolute Gasteiger partial charge is 0.410 e. The molecule has 1 atom stereocenters. The van der Waals surface area contributed by atoms with E-state index in [4.69, 9.17) is 31.5 Å². The zero-order valence-corrected chi connectivity index (χ0v) is 19.7. The van der Waals surface area contributed by atoms with Crippen LogP contribution in [0.1, 0.15) is 36.6 Å². The topological polar surface area (TPSA) is 121 Å². The predicted octanol–water partition coefficient (Wildman–Crippen LogP) is 2.53. The lowest BCUT2D eigenvalue weighted by Crippen LogP contribution is -2.52. The molecule has 35 heavy (non-hydrogen) atoms. The molecule has 1 fully saturated rings. The summed E-state index contributed by atoms with van der Waals surface area (Å²) in [5.74, 6) is -4.86. The van der Waals surface area contributed by atoms with Gasteiger partial charge in [-0.15, -0.1) is 0 Å². The number of primary amides is 1. The number of halogens is 1. The zero-order chi connectivity index (χ0) is 24.8. The van der Waals surface area contributed by atoms with Crippen molar-refractivity contribution in [2.24, 2.45) is 5.73 Å². The molecule has 0 saturated carbocycles. The number of cyclic esters (lactones) is 2. The standard InChI is InChI=1S/C25H26ClN3O6/c26-18-6-4-17(5-7-18)23(20-3-1-2-13-28-20)33-19-10-14-29(15-11-19)16-12-25(24(27)32)34-21(30)8-9-22(31)35-25/h1-9,13,19,23H,10-12,14-16H2,(H2,27,32). The number of rotatable bonds is 8. The van der Waals surface area contributed by atoms with Crippen molar-refractivity contribution in [3.63, 3.8) is 0 Å². The third kappa shape index (κ3) is 6.25. The molecule has 3 heterocycles. The van der Waals surface area contributed by atoms with Gasteiger partial charge in [0.1, 0.15) is 6.10 Å². The summed E-state index contributed by atoms with van der Waals surface area (Å²) in [7, 11) is 0. The number of amides is 1. The molecule has 2 aliphatic heterocycles. The fraction of sp³-hybridized carbons (Fsp3) is 0.360. The molecular formula is C25H26ClN3O6. The van der Waals surface area contributed by atoms with Crippen molar-refractivity contribution < 1.29 is 28.6 Å². The molecule has 0 radical (unpaired) electrons. The monoisotopic (exact) mass is 499 g/mol. The number of benzene rings is 1. The number of aromatic nitrogens is 1. The van der Waals surface area contributed by atoms with Gasteiger partial charge in [-0.25, -0.2) is 9.59 Å². The third-order valence-electron chi connectivity index (χ3n) is 6.01. The van der Waals surface area contributed by atoms with Crippen LogP contribution in [0.25, 0.3) is 0 Å². The molecule has 1 amide bonds. The summed E-state index contributed by atoms with van der Waals surface area (Å²) < 4.78 is 16.7. The number of nitrogens with zero attached hydrogens (tertiary/aromatic N) is 2. The maximum absolute atomic E-state index is 12.0. The van der Waals surface area contributed by atoms with Gasteiger partial charge in [-0.1, -0.05) is 29.8 Å². The molecule has 10 heteroatoms. The van der Waals surface area contributed by atoms with Crippen LogP contribution in [0, 0.1) is 0 Å². The molecule has 0 bridgehead atoms. The number of pyridine rings is 1. The number of nitrogens with two attached hydrogens (primary N) is 1. The molecule has 4 rings (SSSR count). The maximum Gasteiger partial charge on any atom is 0.337 e. The normalized spacial score (nSPS) is 19.5. The molecule has 1 aromatic carbocycles. The van der Waals surface area contributed by atoms with Gasteiger partial charge in [0, 0.05) is 49.4 Å². The molecule has 2 N–H and O–H groups in total. The average molecular weight is 500 g/mol. The highest BCUT2D eigenvalue weighted by Crippen LogP contribution is 2.30. The lowest BCUT2D eigenvalue weighted by Gasteiger charge is -2.35. The first-order valence-corrected chi connectivity index (χ1v) is 11.7. The van der Waals surface area contributed by atoms with Crippen molar-refractivity contribution in [3.05, 3.63) is 77.1 Å². The van der Waals surface area contributed by atoms with Crippen LogP contribution in [-0.4, -0.2) is 59.3 Å². The Labute approximate surface area is 207 Å². The highest BCUT2D eigenvalue weighted by Gasteiger charge is 2.46. The van der Waals surface area contributed by atoms with Crippen molar-refractivity contribution in [3.8, 4) is 0 Å². The van der Waals surface area contributed by atoms with Crippen molar-refractivity contribution in [1.29, 1.82) is 0 Å². The Morgan fingerprint density at radius 1 is 1.11 bits per heavy atom. The number of hydrogen-bond acceptors (Lipinski definition) is 8. The lowest BCUT2D eigenvalue weighted by atomic mass is 10.0. The van der Waals surface area contributed by atoms with Gasteiger partial charge in [-0.05, 0) is 42.7 Å². The summed E-state index contributed by atoms with van der Waals surface area (Å²) in [5.41, 5.74) is 7.21. The Hall–Kier alpha value is -3.27. The fourth-order valence-electron chi connectivity index (χ4n) is 4.13. The van der Waals surface area contributed by atoms with E-state index in [1.807, 2.05) is 42.5 Å². The third-order valence-corrected chi connectivity index (χ3v) is 6.26. The Bertz CT molecular complexity index is 1060. The minimum atomic E-state index is -2.12. The van der Waals surface area contributed by atoms with Gasteiger partial charge in [-0.3, -0.25) is 9.78 Å². The number of esters is 2. The van der Waals surface area contributed by atoms with E-state index in [0.717, 1.165) is 36.3 Å². The summed E-state index contributed by atoms with van der Waals surface area (Å²) in [6.07, 6.45) is 4.62. The number of piperidine rings is 1. The molecule has 0 aliphatic carbocycles. The fourth-order valence-corrected chi connectivity index (χ4v) is 4.26. The van der Waals surface area contributed by atoms with E-state index < -0.39 is 23.6 Å². The molecule has 2 aromatic rings. The van der Waals surface area contributed by atoms with Gasteiger partial charge in [0.25, 0.3) is 0 Å². The van der Waals surface area contributed by atoms with E-state index in [1.54, 1.807) is 6.20 Å². The van der Waals surface area contributed by atoms with Gasteiger partial charge in [0.2, 0.25) is 0 Å². The first-order chi connectivity index (χ1) is 16.8. The van der Waals surface area contributed by atoms with Crippen LogP contribution in [0.2, 0.25) is 5.02 Å². The average Bonchev–Trinajstić information content (AvgIpc) is 3.01. The van der Waals surface area contributed by atoms with Crippen LogP contribution < -0.4 is 5.73 Å². The molecule has 2 aliphatic rings. The smallest absolute Gasteiger partial charge is 0.337 e. The Kier molecular flexibility index (Phi) is 7.80. The Morgan fingerprint density at radius 2 is 1.77 bits per heavy atom. The molecule has 1 unspecified atom stereocenters. The molecule has 1 saturated heterocycles. The second kappa shape index (κ2) is 11.0. The Morgan fingerprint density at radius 3 is 2.34 bits per heavy atom. The minimum Gasteiger partial charge on any atom is -0.410 e. The second-order valence-electron chi connectivity index (χ2n) is 8.41. The summed E-state index contributed by atoms with van der Waals surface area (Å²) in [6.45, 7) is 1.70. The molecule has 184 valence electrons. The van der Waals surface area contributed by atoms with Crippen molar-refractivity contribution in [2.45, 2.75) is 37.3 Å². The number of likely N-dealkylation sites (tertiary alicyclic amines) is 1. The van der Waals surface area contributed by atoms with E-state index >= 15 is 0 Å². The van der Waals surface area contributed by atoms with E-state index in [0.29, 0.717) is 24.7 Å². The SMILES string of the molecule is NC(=O)C1(CCN2CCC(OC(c3ccc(Cl)cc3)c3ccccn3)CC2)OC(=O)C=CC(=O)O1. The summed E-state index contributed by atoms with van der Waals surface area (Å²) >= 11 is 6.06. The maximum atomic E-state index is 12.0. The van der Waals surface area contributed by atoms with Crippen LogP contribution in [0.3, 0.4) is 0 Å². The summed E-state index contributed by atoms with van der Waals surface area (Å²) in [6, 6.07) is 13.2. The van der Waals surface area contributed by atoms with Crippen molar-refractivity contribution in [2.75, 3.05) is 19.6 Å². The minimum absolute atomic E-state index is 0.0169. The Balaban J connectivity index is 1.37. The van der Waals surface area contributed by atoms with Crippen LogP contribution in [0.15, 0.2) is 60.8 Å². The lowest BCUT2D eigenvalue weighted by molar-refractivity contribution is -0.221. The molecular weight excluding hydrogens is 474 g/mol. The van der Waals surface area contributed by atoms with Crippen molar-refractivity contribution >= 4 is 29.4 Å². The second-order valence-corrected chi connectivity index (χ2v) is 8.84. The molecule has 0 spiro atoms. The van der Waals surface area contributed by atoms with Gasteiger partial charge in [0.15, 0.2) is 0 Å². The highest BCUT2D eigenvalue weighted by atomic mass is 35.5. The van der Waals surface area contributed by atoms with Gasteiger partial charge in [0.05, 0.1) is 11.8 Å². The van der Waals surface area contributed by atoms with Crippen LogP contribution in [0.4, 0.5) is 0 Å². The van der Waals surface area contributed by atoms with Crippen LogP contribution in [-0.2, 0) is 28.6 Å². The number of ether oxygens (including phenoxy) is 3. The van der Waals surface area contributed by atoms with Crippen LogP contribution in [0.5, 0.6) is 0 Å². The van der Waals surface area contributed by atoms with Gasteiger partial charge in [-0.2, -0.15) is 0 Å². The molecule has 1 aromatic heterocycles. The number of carbonyl (C=O) groups is 3. The van der Waals surface area contributed by atoms with E-state index in [-0.39, 0.29) is 18.6 Å². The van der Waals surface area contributed by atoms with Crippen molar-refractivity contribution in [1.82, 2.24) is 9.88 Å². The van der Waals surface area contributed by atoms with Crippen LogP contribution >= 0.6 is 11.6 Å². The van der Waals surface area contributed by atoms with E-state index in [1.165, 1.54) is 0 Å². The van der Waals surface area contributed by atoms with Gasteiger partial charge < -0.3 is 24.8 Å². The number of carbonyl (C=O) groups excluding carboxylic acids is 3. The number of hydrogen-bond donors (Lipinski definition) is 1. The summed E-state index contributed by atoms with van der Waals surface area (Å²) in [4.78, 5) is 42.2. The van der Waals surface area contributed by atoms with E-state index in [9.17, 15) is 14.4 Å². The highest BCUT2D eigenvalue weighted by molar-refractivity contribution is 6.30. The zero-order valence-electron chi connectivity index (χ0n) is 19.0. The first kappa shape index (κ1) is 24.8. The predicted molar refractivity (Wildman–Crippen MR) is 126 cm³/mol. The van der Waals surface area contributed by atoms with E-state index in [2.05, 4.69) is 9.88 Å². The molecule has 9 nitrogen and oxygen atoms in total. The van der Waals surface area contributed by atoms with Gasteiger partial charge >= 0.3 is 23.6 Å². The summed E-state index contributed by atoms with van der Waals surface area (Å²) in [5, 5.41) is 0.649.